The average molecular weight is 268 g/mol. The van der Waals surface area contributed by atoms with Crippen LogP contribution in [0.1, 0.15) is 6.42 Å². The molecule has 3 atom stereocenters. The first kappa shape index (κ1) is 13.6. The van der Waals surface area contributed by atoms with Crippen LogP contribution in [0.5, 0.6) is 11.5 Å². The van der Waals surface area contributed by atoms with Crippen molar-refractivity contribution in [2.75, 3.05) is 14.2 Å². The monoisotopic (exact) mass is 268 g/mol. The molecule has 7 heteroatoms. The van der Waals surface area contributed by atoms with Crippen molar-refractivity contribution in [3.63, 3.8) is 0 Å². The average Bonchev–Trinajstić information content (AvgIpc) is 2.38. The van der Waals surface area contributed by atoms with E-state index in [0.717, 1.165) is 0 Å². The Labute approximate surface area is 110 Å². The second-order valence-electron chi connectivity index (χ2n) is 4.35. The lowest BCUT2D eigenvalue weighted by molar-refractivity contribution is -0.386. The SMILES string of the molecule is COc1ccc([N+](=O)[O-])c(OC2CC(N)C2OC)c1. The van der Waals surface area contributed by atoms with Crippen molar-refractivity contribution in [3.8, 4) is 11.5 Å². The van der Waals surface area contributed by atoms with Gasteiger partial charge in [0.15, 0.2) is 0 Å². The van der Waals surface area contributed by atoms with E-state index >= 15 is 0 Å². The lowest BCUT2D eigenvalue weighted by atomic mass is 9.86. The summed E-state index contributed by atoms with van der Waals surface area (Å²) in [7, 11) is 3.03. The van der Waals surface area contributed by atoms with Gasteiger partial charge in [0, 0.05) is 31.7 Å². The zero-order chi connectivity index (χ0) is 14.0. The number of nitrogens with two attached hydrogens (primary N) is 1. The molecule has 1 saturated carbocycles. The van der Waals surface area contributed by atoms with Gasteiger partial charge in [0.25, 0.3) is 0 Å². The number of nitrogens with zero attached hydrogens (tertiary/aromatic N) is 1. The highest BCUT2D eigenvalue weighted by Gasteiger charge is 2.41. The summed E-state index contributed by atoms with van der Waals surface area (Å²) in [6.45, 7) is 0. The summed E-state index contributed by atoms with van der Waals surface area (Å²) in [5.41, 5.74) is 5.67. The molecule has 0 spiro atoms. The number of ether oxygens (including phenoxy) is 3. The molecular formula is C12H16N2O5. The first-order chi connectivity index (χ1) is 9.06. The third kappa shape index (κ3) is 2.61. The second-order valence-corrected chi connectivity index (χ2v) is 4.35. The normalized spacial score (nSPS) is 25.5. The van der Waals surface area contributed by atoms with Crippen LogP contribution in [0.15, 0.2) is 18.2 Å². The van der Waals surface area contributed by atoms with E-state index in [1.54, 1.807) is 7.11 Å². The Morgan fingerprint density at radius 1 is 1.42 bits per heavy atom. The van der Waals surface area contributed by atoms with Gasteiger partial charge >= 0.3 is 5.69 Å². The smallest absolute Gasteiger partial charge is 0.311 e. The molecule has 0 amide bonds. The Bertz CT molecular complexity index is 479. The fraction of sp³-hybridized carbons (Fsp3) is 0.500. The second kappa shape index (κ2) is 5.41. The Morgan fingerprint density at radius 3 is 2.68 bits per heavy atom. The van der Waals surface area contributed by atoms with E-state index in [1.165, 1.54) is 25.3 Å². The van der Waals surface area contributed by atoms with Gasteiger partial charge in [0.1, 0.15) is 18.0 Å². The largest absolute Gasteiger partial charge is 0.497 e. The number of benzene rings is 1. The maximum Gasteiger partial charge on any atom is 0.311 e. The van der Waals surface area contributed by atoms with Crippen molar-refractivity contribution < 1.29 is 19.1 Å². The lowest BCUT2D eigenvalue weighted by Gasteiger charge is -2.40. The molecule has 1 fully saturated rings. The van der Waals surface area contributed by atoms with E-state index in [9.17, 15) is 10.1 Å². The summed E-state index contributed by atoms with van der Waals surface area (Å²) in [6.07, 6.45) is 0.0870. The minimum absolute atomic E-state index is 0.0975. The lowest BCUT2D eigenvalue weighted by Crippen LogP contribution is -2.59. The van der Waals surface area contributed by atoms with E-state index in [0.29, 0.717) is 12.2 Å². The van der Waals surface area contributed by atoms with Gasteiger partial charge in [-0.15, -0.1) is 0 Å². The van der Waals surface area contributed by atoms with Crippen molar-refractivity contribution >= 4 is 5.69 Å². The summed E-state index contributed by atoms with van der Waals surface area (Å²) in [5.74, 6) is 0.668. The number of nitro groups is 1. The van der Waals surface area contributed by atoms with E-state index < -0.39 is 4.92 Å². The topological polar surface area (TPSA) is 96.9 Å². The minimum atomic E-state index is -0.491. The minimum Gasteiger partial charge on any atom is -0.497 e. The van der Waals surface area contributed by atoms with Crippen LogP contribution in [0.2, 0.25) is 0 Å². The van der Waals surface area contributed by atoms with Crippen LogP contribution in [0.4, 0.5) is 5.69 Å². The zero-order valence-corrected chi connectivity index (χ0v) is 10.7. The zero-order valence-electron chi connectivity index (χ0n) is 10.7. The van der Waals surface area contributed by atoms with Crippen LogP contribution in [-0.2, 0) is 4.74 Å². The van der Waals surface area contributed by atoms with E-state index in [1.807, 2.05) is 0 Å². The molecule has 0 aromatic heterocycles. The van der Waals surface area contributed by atoms with Gasteiger partial charge in [-0.25, -0.2) is 0 Å². The molecule has 104 valence electrons. The Kier molecular flexibility index (Phi) is 3.87. The fourth-order valence-corrected chi connectivity index (χ4v) is 2.09. The van der Waals surface area contributed by atoms with Gasteiger partial charge in [-0.3, -0.25) is 10.1 Å². The molecule has 0 radical (unpaired) electrons. The van der Waals surface area contributed by atoms with Gasteiger partial charge < -0.3 is 19.9 Å². The summed E-state index contributed by atoms with van der Waals surface area (Å²) in [6, 6.07) is 4.27. The summed E-state index contributed by atoms with van der Waals surface area (Å²) in [5, 5.41) is 11.0. The quantitative estimate of drug-likeness (QED) is 0.634. The molecule has 1 aliphatic rings. The number of methoxy groups -OCH3 is 2. The van der Waals surface area contributed by atoms with Gasteiger partial charge in [-0.2, -0.15) is 0 Å². The summed E-state index contributed by atoms with van der Waals surface area (Å²) < 4.78 is 15.9. The van der Waals surface area contributed by atoms with Gasteiger partial charge in [0.2, 0.25) is 5.75 Å². The first-order valence-corrected chi connectivity index (χ1v) is 5.84. The molecule has 2 rings (SSSR count). The standard InChI is InChI=1S/C12H16N2O5/c1-17-7-3-4-9(14(15)16)10(5-7)19-11-6-8(13)12(11)18-2/h3-5,8,11-12H,6,13H2,1-2H3. The molecule has 3 unspecified atom stereocenters. The highest BCUT2D eigenvalue weighted by atomic mass is 16.6. The third-order valence-corrected chi connectivity index (χ3v) is 3.21. The fourth-order valence-electron chi connectivity index (χ4n) is 2.09. The molecule has 0 aliphatic heterocycles. The summed E-state index contributed by atoms with van der Waals surface area (Å²) in [4.78, 5) is 10.5. The predicted octanol–water partition coefficient (Wildman–Crippen LogP) is 1.10. The van der Waals surface area contributed by atoms with Crippen LogP contribution in [0.25, 0.3) is 0 Å². The molecule has 2 N–H and O–H groups in total. The predicted molar refractivity (Wildman–Crippen MR) is 67.5 cm³/mol. The van der Waals surface area contributed by atoms with Crippen LogP contribution >= 0.6 is 0 Å². The van der Waals surface area contributed by atoms with Crippen LogP contribution < -0.4 is 15.2 Å². The number of nitro benzene ring substituents is 1. The molecule has 1 aromatic carbocycles. The molecule has 0 bridgehead atoms. The molecule has 0 heterocycles. The van der Waals surface area contributed by atoms with E-state index in [4.69, 9.17) is 19.9 Å². The third-order valence-electron chi connectivity index (χ3n) is 3.21. The van der Waals surface area contributed by atoms with Crippen molar-refractivity contribution in [1.29, 1.82) is 0 Å². The first-order valence-electron chi connectivity index (χ1n) is 5.84. The van der Waals surface area contributed by atoms with Crippen molar-refractivity contribution in [3.05, 3.63) is 28.3 Å². The Morgan fingerprint density at radius 2 is 2.16 bits per heavy atom. The number of rotatable bonds is 5. The number of hydrogen-bond donors (Lipinski definition) is 1. The molecule has 1 aromatic rings. The van der Waals surface area contributed by atoms with Crippen molar-refractivity contribution in [1.82, 2.24) is 0 Å². The maximum absolute atomic E-state index is 11.0. The van der Waals surface area contributed by atoms with E-state index in [-0.39, 0.29) is 29.7 Å². The molecular weight excluding hydrogens is 252 g/mol. The molecule has 0 saturated heterocycles. The van der Waals surface area contributed by atoms with Crippen LogP contribution in [0, 0.1) is 10.1 Å². The molecule has 7 nitrogen and oxygen atoms in total. The van der Waals surface area contributed by atoms with Gasteiger partial charge in [0.05, 0.1) is 12.0 Å². The van der Waals surface area contributed by atoms with Gasteiger partial charge in [-0.1, -0.05) is 0 Å². The maximum atomic E-state index is 11.0. The Balaban J connectivity index is 2.20. The van der Waals surface area contributed by atoms with Crippen LogP contribution in [0.3, 0.4) is 0 Å². The highest BCUT2D eigenvalue weighted by molar-refractivity contribution is 5.50. The van der Waals surface area contributed by atoms with Crippen molar-refractivity contribution in [2.24, 2.45) is 5.73 Å². The van der Waals surface area contributed by atoms with E-state index in [2.05, 4.69) is 0 Å². The molecule has 1 aliphatic carbocycles. The van der Waals surface area contributed by atoms with Crippen molar-refractivity contribution in [2.45, 2.75) is 24.7 Å². The Hall–Kier alpha value is -1.86. The molecule has 19 heavy (non-hydrogen) atoms. The highest BCUT2D eigenvalue weighted by Crippen LogP contribution is 2.35. The summed E-state index contributed by atoms with van der Waals surface area (Å²) >= 11 is 0. The number of hydrogen-bond acceptors (Lipinski definition) is 6. The van der Waals surface area contributed by atoms with Crippen LogP contribution in [-0.4, -0.2) is 37.4 Å². The van der Waals surface area contributed by atoms with Gasteiger partial charge in [-0.05, 0) is 6.07 Å².